The minimum atomic E-state index is -3.91. The highest BCUT2D eigenvalue weighted by atomic mass is 31.2. The Morgan fingerprint density at radius 1 is 1.39 bits per heavy atom. The molecule has 6 atom stereocenters. The van der Waals surface area contributed by atoms with Gasteiger partial charge in [-0.25, -0.2) is 14.5 Å². The second-order valence-electron chi connectivity index (χ2n) is 8.89. The molecule has 4 heterocycles. The number of imidazole rings is 1. The lowest BCUT2D eigenvalue weighted by atomic mass is 9.93. The number of nitrogens with zero attached hydrogens (tertiary/aromatic N) is 3. The lowest BCUT2D eigenvalue weighted by Gasteiger charge is -2.35. The molecule has 2 saturated heterocycles. The van der Waals surface area contributed by atoms with E-state index in [9.17, 15) is 9.36 Å². The number of nitrogen functional groups attached to an aromatic ring is 1. The van der Waals surface area contributed by atoms with Gasteiger partial charge in [0.25, 0.3) is 0 Å². The number of esters is 1. The second-order valence-corrected chi connectivity index (χ2v) is 10.5. The van der Waals surface area contributed by atoms with Crippen LogP contribution in [0.4, 0.5) is 5.69 Å². The van der Waals surface area contributed by atoms with Gasteiger partial charge in [-0.15, -0.1) is 0 Å². The summed E-state index contributed by atoms with van der Waals surface area (Å²) in [6.45, 7) is 6.96. The molecule has 182 valence electrons. The molecule has 0 bridgehead atoms. The van der Waals surface area contributed by atoms with Crippen LogP contribution in [-0.4, -0.2) is 57.6 Å². The Morgan fingerprint density at radius 2 is 2.15 bits per heavy atom. The van der Waals surface area contributed by atoms with Gasteiger partial charge in [0, 0.05) is 6.20 Å². The number of fused-ring (bicyclic) bond motifs is 2. The van der Waals surface area contributed by atoms with Crippen molar-refractivity contribution in [3.8, 4) is 0 Å². The fourth-order valence-electron chi connectivity index (χ4n) is 3.93. The van der Waals surface area contributed by atoms with Crippen molar-refractivity contribution in [3.63, 3.8) is 0 Å². The van der Waals surface area contributed by atoms with Crippen molar-refractivity contribution in [2.45, 2.75) is 64.2 Å². The molecule has 0 spiro atoms. The van der Waals surface area contributed by atoms with Crippen LogP contribution in [0, 0.1) is 5.92 Å². The number of ether oxygens (including phenoxy) is 2. The Labute approximate surface area is 191 Å². The molecule has 33 heavy (non-hydrogen) atoms. The van der Waals surface area contributed by atoms with Crippen LogP contribution in [0.5, 0.6) is 0 Å². The van der Waals surface area contributed by atoms with E-state index in [4.69, 9.17) is 34.5 Å². The van der Waals surface area contributed by atoms with E-state index < -0.39 is 37.7 Å². The summed E-state index contributed by atoms with van der Waals surface area (Å²) in [6.07, 6.45) is 1.15. The van der Waals surface area contributed by atoms with Crippen molar-refractivity contribution in [2.75, 3.05) is 18.9 Å². The number of hydrogen-bond acceptors (Lipinski definition) is 11. The molecule has 0 saturated carbocycles. The molecule has 2 aliphatic heterocycles. The fraction of sp³-hybridized carbons (Fsp3) is 0.650. The SMILES string of the molecule is CC(C)OC(=O)[C@@H](C)CCO[P@]1(=O)OC[C@H]2O[C@@H](n3cnc4c(N)ccnc43)[C@](C)(N)[C@@H]2O1. The fourth-order valence-corrected chi connectivity index (χ4v) is 5.43. The van der Waals surface area contributed by atoms with Gasteiger partial charge in [0.15, 0.2) is 11.9 Å². The highest BCUT2D eigenvalue weighted by molar-refractivity contribution is 7.48. The third-order valence-electron chi connectivity index (χ3n) is 5.73. The summed E-state index contributed by atoms with van der Waals surface area (Å²) < 4.78 is 42.7. The number of phosphoric acid groups is 1. The van der Waals surface area contributed by atoms with Gasteiger partial charge in [-0.05, 0) is 33.3 Å². The number of carbonyl (C=O) groups excluding carboxylic acids is 1. The first kappa shape index (κ1) is 24.1. The quantitative estimate of drug-likeness (QED) is 0.438. The van der Waals surface area contributed by atoms with Crippen LogP contribution >= 0.6 is 7.82 Å². The van der Waals surface area contributed by atoms with Crippen molar-refractivity contribution in [3.05, 3.63) is 18.6 Å². The van der Waals surface area contributed by atoms with Crippen molar-refractivity contribution in [2.24, 2.45) is 11.7 Å². The summed E-state index contributed by atoms with van der Waals surface area (Å²) in [5.74, 6) is -0.772. The zero-order valence-electron chi connectivity index (χ0n) is 19.0. The summed E-state index contributed by atoms with van der Waals surface area (Å²) in [7, 11) is -3.91. The third-order valence-corrected chi connectivity index (χ3v) is 7.17. The van der Waals surface area contributed by atoms with Gasteiger partial charge in [0.2, 0.25) is 0 Å². The van der Waals surface area contributed by atoms with Crippen LogP contribution in [-0.2, 0) is 32.4 Å². The van der Waals surface area contributed by atoms with Crippen LogP contribution in [0.2, 0.25) is 0 Å². The Morgan fingerprint density at radius 3 is 2.88 bits per heavy atom. The third kappa shape index (κ3) is 4.64. The number of hydrogen-bond donors (Lipinski definition) is 2. The second kappa shape index (κ2) is 8.94. The molecule has 2 fully saturated rings. The molecular weight excluding hydrogens is 453 g/mol. The molecular formula is C20H30N5O7P. The van der Waals surface area contributed by atoms with E-state index in [-0.39, 0.29) is 25.3 Å². The van der Waals surface area contributed by atoms with E-state index in [1.165, 1.54) is 0 Å². The van der Waals surface area contributed by atoms with E-state index in [1.807, 2.05) is 0 Å². The van der Waals surface area contributed by atoms with E-state index in [2.05, 4.69) is 9.97 Å². The van der Waals surface area contributed by atoms with Gasteiger partial charge in [-0.1, -0.05) is 6.92 Å². The maximum absolute atomic E-state index is 13.1. The number of pyridine rings is 1. The largest absolute Gasteiger partial charge is 0.475 e. The molecule has 2 aromatic heterocycles. The van der Waals surface area contributed by atoms with Gasteiger partial charge < -0.3 is 20.9 Å². The maximum Gasteiger partial charge on any atom is 0.475 e. The Balaban J connectivity index is 1.43. The Hall–Kier alpha value is -2.08. The molecule has 0 amide bonds. The normalized spacial score (nSPS) is 32.7. The molecule has 0 aliphatic carbocycles. The first-order chi connectivity index (χ1) is 15.5. The van der Waals surface area contributed by atoms with Crippen LogP contribution in [0.3, 0.4) is 0 Å². The Kier molecular flexibility index (Phi) is 6.51. The number of aromatic nitrogens is 3. The molecule has 2 aliphatic rings. The summed E-state index contributed by atoms with van der Waals surface area (Å²) in [6, 6.07) is 1.66. The van der Waals surface area contributed by atoms with Gasteiger partial charge in [0.05, 0.1) is 42.8 Å². The molecule has 12 nitrogen and oxygen atoms in total. The average Bonchev–Trinajstić information content (AvgIpc) is 3.27. The zero-order valence-corrected chi connectivity index (χ0v) is 19.9. The molecule has 2 aromatic rings. The summed E-state index contributed by atoms with van der Waals surface area (Å²) in [5, 5.41) is 0. The van der Waals surface area contributed by atoms with E-state index in [1.54, 1.807) is 50.9 Å². The minimum Gasteiger partial charge on any atom is -0.463 e. The van der Waals surface area contributed by atoms with Crippen molar-refractivity contribution < 1.29 is 32.4 Å². The van der Waals surface area contributed by atoms with Gasteiger partial charge in [-0.2, -0.15) is 0 Å². The lowest BCUT2D eigenvalue weighted by Crippen LogP contribution is -2.54. The molecule has 13 heteroatoms. The first-order valence-corrected chi connectivity index (χ1v) is 12.3. The van der Waals surface area contributed by atoms with Crippen molar-refractivity contribution in [1.29, 1.82) is 0 Å². The number of phosphoric ester groups is 1. The number of rotatable bonds is 7. The van der Waals surface area contributed by atoms with E-state index >= 15 is 0 Å². The molecule has 0 aromatic carbocycles. The average molecular weight is 483 g/mol. The predicted molar refractivity (Wildman–Crippen MR) is 118 cm³/mol. The van der Waals surface area contributed by atoms with Crippen molar-refractivity contribution in [1.82, 2.24) is 14.5 Å². The van der Waals surface area contributed by atoms with Gasteiger partial charge in [-0.3, -0.25) is 22.9 Å². The van der Waals surface area contributed by atoms with Crippen LogP contribution < -0.4 is 11.5 Å². The highest BCUT2D eigenvalue weighted by Gasteiger charge is 2.59. The lowest BCUT2D eigenvalue weighted by molar-refractivity contribution is -0.152. The first-order valence-electron chi connectivity index (χ1n) is 10.8. The minimum absolute atomic E-state index is 0.00997. The molecule has 0 radical (unpaired) electrons. The monoisotopic (exact) mass is 483 g/mol. The predicted octanol–water partition coefficient (Wildman–Crippen LogP) is 2.15. The molecule has 0 unspecified atom stereocenters. The topological polar surface area (TPSA) is 163 Å². The zero-order chi connectivity index (χ0) is 24.0. The number of carbonyl (C=O) groups is 1. The molecule has 4 rings (SSSR count). The van der Waals surface area contributed by atoms with Gasteiger partial charge in [0.1, 0.15) is 17.7 Å². The highest BCUT2D eigenvalue weighted by Crippen LogP contribution is 2.58. The summed E-state index contributed by atoms with van der Waals surface area (Å²) in [5.41, 5.74) is 13.0. The van der Waals surface area contributed by atoms with Crippen LogP contribution in [0.15, 0.2) is 18.6 Å². The van der Waals surface area contributed by atoms with E-state index in [0.717, 1.165) is 0 Å². The maximum atomic E-state index is 13.1. The van der Waals surface area contributed by atoms with E-state index in [0.29, 0.717) is 23.3 Å². The smallest absolute Gasteiger partial charge is 0.463 e. The van der Waals surface area contributed by atoms with Crippen LogP contribution in [0.1, 0.15) is 40.3 Å². The van der Waals surface area contributed by atoms with Crippen LogP contribution in [0.25, 0.3) is 11.2 Å². The number of nitrogens with two attached hydrogens (primary N) is 2. The summed E-state index contributed by atoms with van der Waals surface area (Å²) in [4.78, 5) is 20.6. The summed E-state index contributed by atoms with van der Waals surface area (Å²) >= 11 is 0. The standard InChI is InChI=1S/C20H30N5O7P/c1-11(2)30-18(26)12(3)6-8-28-33(27)29-9-14-16(32-33)20(4,22)19(31-14)25-10-24-15-13(21)5-7-23-17(15)25/h5,7,10-12,14,16,19H,6,8-9,22H2,1-4H3,(H2,21,23)/t12-,14+,16+,19+,20+,33+/m0/s1. The molecule has 4 N–H and O–H groups in total. The van der Waals surface area contributed by atoms with Gasteiger partial charge >= 0.3 is 13.8 Å². The number of anilines is 1. The Bertz CT molecular complexity index is 1070. The van der Waals surface area contributed by atoms with Crippen molar-refractivity contribution >= 4 is 30.6 Å².